The lowest BCUT2D eigenvalue weighted by Crippen LogP contribution is -2.48. The van der Waals surface area contributed by atoms with E-state index in [-0.39, 0.29) is 22.9 Å². The Hall–Kier alpha value is -3.33. The van der Waals surface area contributed by atoms with Crippen LogP contribution in [0.5, 0.6) is 5.75 Å². The van der Waals surface area contributed by atoms with Gasteiger partial charge in [-0.1, -0.05) is 30.3 Å². The molecule has 1 atom stereocenters. The number of hydrogen-bond acceptors (Lipinski definition) is 6. The van der Waals surface area contributed by atoms with E-state index in [1.165, 1.54) is 18.9 Å². The maximum atomic E-state index is 13.9. The van der Waals surface area contributed by atoms with Gasteiger partial charge in [-0.2, -0.15) is 5.01 Å². The molecule has 0 saturated carbocycles. The van der Waals surface area contributed by atoms with E-state index in [1.807, 2.05) is 49.4 Å². The van der Waals surface area contributed by atoms with Crippen molar-refractivity contribution in [2.45, 2.75) is 32.2 Å². The number of carbonyl (C=O) groups excluding carboxylic acids is 3. The first-order valence-electron chi connectivity index (χ1n) is 9.69. The summed E-state index contributed by atoms with van der Waals surface area (Å²) < 4.78 is 5.22. The molecule has 0 unspecified atom stereocenters. The monoisotopic (exact) mass is 438 g/mol. The summed E-state index contributed by atoms with van der Waals surface area (Å²) in [7, 11) is 1.60. The van der Waals surface area contributed by atoms with Crippen molar-refractivity contribution in [1.82, 2.24) is 10.3 Å². The average Bonchev–Trinajstić information content (AvgIpc) is 3.21. The van der Waals surface area contributed by atoms with Gasteiger partial charge in [0.25, 0.3) is 5.91 Å². The number of carbonyl (C=O) groups is 3. The van der Waals surface area contributed by atoms with Crippen molar-refractivity contribution >= 4 is 40.3 Å². The van der Waals surface area contributed by atoms with Gasteiger partial charge in [0.2, 0.25) is 16.7 Å². The number of hydrazone groups is 1. The van der Waals surface area contributed by atoms with Crippen molar-refractivity contribution in [3.8, 4) is 5.75 Å². The van der Waals surface area contributed by atoms with Gasteiger partial charge in [0.05, 0.1) is 19.3 Å². The van der Waals surface area contributed by atoms with Crippen LogP contribution in [-0.4, -0.2) is 35.0 Å². The van der Waals surface area contributed by atoms with Gasteiger partial charge in [0.15, 0.2) is 5.17 Å². The third kappa shape index (κ3) is 3.34. The molecule has 160 valence electrons. The Morgan fingerprint density at radius 1 is 1.16 bits per heavy atom. The van der Waals surface area contributed by atoms with Gasteiger partial charge in [0, 0.05) is 19.4 Å². The molecule has 2 aliphatic heterocycles. The second-order valence-electron chi connectivity index (χ2n) is 7.37. The van der Waals surface area contributed by atoms with Crippen LogP contribution in [0.4, 0.5) is 5.69 Å². The number of amidine groups is 1. The maximum Gasteiger partial charge on any atom is 0.271 e. The molecular formula is C22H22N4O4S. The van der Waals surface area contributed by atoms with Gasteiger partial charge in [0.1, 0.15) is 5.75 Å². The largest absolute Gasteiger partial charge is 0.497 e. The van der Waals surface area contributed by atoms with Gasteiger partial charge < -0.3 is 15.0 Å². The van der Waals surface area contributed by atoms with Crippen molar-refractivity contribution < 1.29 is 19.1 Å². The molecule has 2 aromatic rings. The van der Waals surface area contributed by atoms with Crippen LogP contribution in [-0.2, 0) is 25.8 Å². The molecule has 0 aromatic heterocycles. The first-order valence-corrected chi connectivity index (χ1v) is 10.5. The Morgan fingerprint density at radius 2 is 1.87 bits per heavy atom. The minimum atomic E-state index is -1.39. The second kappa shape index (κ2) is 7.73. The average molecular weight is 439 g/mol. The molecule has 2 aliphatic rings. The number of anilines is 1. The summed E-state index contributed by atoms with van der Waals surface area (Å²) in [5.74, 6) is -0.263. The smallest absolute Gasteiger partial charge is 0.271 e. The summed E-state index contributed by atoms with van der Waals surface area (Å²) in [6.07, 6.45) is 0. The van der Waals surface area contributed by atoms with Crippen molar-refractivity contribution in [2.75, 3.05) is 12.0 Å². The molecule has 1 spiro atoms. The van der Waals surface area contributed by atoms with E-state index in [1.54, 1.807) is 12.0 Å². The highest BCUT2D eigenvalue weighted by Crippen LogP contribution is 2.55. The summed E-state index contributed by atoms with van der Waals surface area (Å²) in [5.41, 5.74) is 3.26. The standard InChI is InChI=1S/C22H22N4O4S/c1-13-6-5-7-18-19(13)25(12-16-8-10-17(30-4)11-9-16)20(29)22(18)26(15(3)28)24-21(31-22)23-14(2)27/h5-11H,12H2,1-4H3,(H,23,24,27)/t22-/m0/s1. The highest BCUT2D eigenvalue weighted by Gasteiger charge is 2.61. The van der Waals surface area contributed by atoms with Crippen LogP contribution in [0.1, 0.15) is 30.5 Å². The normalized spacial score (nSPS) is 19.5. The zero-order chi connectivity index (χ0) is 22.3. The van der Waals surface area contributed by atoms with E-state index >= 15 is 0 Å². The number of hydrogen-bond donors (Lipinski definition) is 1. The number of ether oxygens (including phenoxy) is 1. The highest BCUT2D eigenvalue weighted by atomic mass is 32.2. The number of amides is 3. The quantitative estimate of drug-likeness (QED) is 0.796. The van der Waals surface area contributed by atoms with Crippen LogP contribution in [0.3, 0.4) is 0 Å². The number of fused-ring (bicyclic) bond motifs is 2. The van der Waals surface area contributed by atoms with Crippen molar-refractivity contribution in [2.24, 2.45) is 5.10 Å². The number of nitrogens with one attached hydrogen (secondary N) is 1. The Kier molecular flexibility index (Phi) is 5.22. The third-order valence-corrected chi connectivity index (χ3v) is 6.46. The predicted octanol–water partition coefficient (Wildman–Crippen LogP) is 2.71. The molecule has 3 amide bonds. The molecule has 31 heavy (non-hydrogen) atoms. The van der Waals surface area contributed by atoms with Gasteiger partial charge in [-0.25, -0.2) is 0 Å². The highest BCUT2D eigenvalue weighted by molar-refractivity contribution is 8.15. The molecule has 2 heterocycles. The molecule has 4 rings (SSSR count). The number of para-hydroxylation sites is 1. The fraction of sp³-hybridized carbons (Fsp3) is 0.273. The lowest BCUT2D eigenvalue weighted by atomic mass is 10.0. The number of aryl methyl sites for hydroxylation is 1. The molecule has 2 aromatic carbocycles. The van der Waals surface area contributed by atoms with E-state index in [0.717, 1.165) is 34.3 Å². The molecule has 0 saturated heterocycles. The van der Waals surface area contributed by atoms with E-state index in [9.17, 15) is 14.4 Å². The molecule has 0 bridgehead atoms. The number of nitrogens with zero attached hydrogens (tertiary/aromatic N) is 3. The molecule has 0 fully saturated rings. The second-order valence-corrected chi connectivity index (χ2v) is 8.56. The van der Waals surface area contributed by atoms with Crippen LogP contribution in [0.15, 0.2) is 47.6 Å². The van der Waals surface area contributed by atoms with Gasteiger partial charge in [-0.05, 0) is 41.9 Å². The fourth-order valence-corrected chi connectivity index (χ4v) is 5.24. The lowest BCUT2D eigenvalue weighted by molar-refractivity contribution is -0.139. The van der Waals surface area contributed by atoms with Crippen LogP contribution in [0.25, 0.3) is 0 Å². The molecule has 0 aliphatic carbocycles. The Balaban J connectivity index is 1.80. The van der Waals surface area contributed by atoms with E-state index in [4.69, 9.17) is 4.74 Å². The molecule has 8 nitrogen and oxygen atoms in total. The zero-order valence-corrected chi connectivity index (χ0v) is 18.4. The van der Waals surface area contributed by atoms with E-state index in [2.05, 4.69) is 10.4 Å². The van der Waals surface area contributed by atoms with Crippen LogP contribution in [0, 0.1) is 6.92 Å². The lowest BCUT2D eigenvalue weighted by Gasteiger charge is -2.29. The summed E-state index contributed by atoms with van der Waals surface area (Å²) in [4.78, 5) is 38.3. The van der Waals surface area contributed by atoms with Gasteiger partial charge in [-0.3, -0.25) is 14.4 Å². The molecule has 1 N–H and O–H groups in total. The van der Waals surface area contributed by atoms with Gasteiger partial charge >= 0.3 is 0 Å². The Morgan fingerprint density at radius 3 is 2.48 bits per heavy atom. The minimum absolute atomic E-state index is 0.217. The topological polar surface area (TPSA) is 91.3 Å². The van der Waals surface area contributed by atoms with Crippen LogP contribution >= 0.6 is 11.8 Å². The number of benzene rings is 2. The summed E-state index contributed by atoms with van der Waals surface area (Å²) in [6.45, 7) is 4.97. The SMILES string of the molecule is COc1ccc(CN2C(=O)[C@@]3(SC(NC(C)=O)=NN3C(C)=O)c3cccc(C)c32)cc1. The number of rotatable bonds is 3. The first kappa shape index (κ1) is 20.9. The van der Waals surface area contributed by atoms with E-state index in [0.29, 0.717) is 12.1 Å². The molecular weight excluding hydrogens is 416 g/mol. The Labute approximate surface area is 184 Å². The number of thioether (sulfide) groups is 1. The summed E-state index contributed by atoms with van der Waals surface area (Å²) in [5, 5.41) is 8.29. The zero-order valence-electron chi connectivity index (χ0n) is 17.6. The maximum absolute atomic E-state index is 13.9. The first-order chi connectivity index (χ1) is 14.8. The molecule has 0 radical (unpaired) electrons. The summed E-state index contributed by atoms with van der Waals surface area (Å²) >= 11 is 1.08. The van der Waals surface area contributed by atoms with Crippen molar-refractivity contribution in [3.63, 3.8) is 0 Å². The fourth-order valence-electron chi connectivity index (χ4n) is 3.92. The molecule has 9 heteroatoms. The third-order valence-electron chi connectivity index (χ3n) is 5.22. The predicted molar refractivity (Wildman–Crippen MR) is 118 cm³/mol. The van der Waals surface area contributed by atoms with Crippen molar-refractivity contribution in [1.29, 1.82) is 0 Å². The van der Waals surface area contributed by atoms with Crippen LogP contribution in [0.2, 0.25) is 0 Å². The minimum Gasteiger partial charge on any atom is -0.497 e. The van der Waals surface area contributed by atoms with Crippen molar-refractivity contribution in [3.05, 3.63) is 59.2 Å². The summed E-state index contributed by atoms with van der Waals surface area (Å²) in [6, 6.07) is 13.1. The van der Waals surface area contributed by atoms with E-state index < -0.39 is 4.87 Å². The van der Waals surface area contributed by atoms with Gasteiger partial charge in [-0.15, -0.1) is 5.10 Å². The van der Waals surface area contributed by atoms with Crippen LogP contribution < -0.4 is 15.0 Å². The number of methoxy groups -OCH3 is 1. The Bertz CT molecular complexity index is 1110.